The fourth-order valence-corrected chi connectivity index (χ4v) is 22.0. The Morgan fingerprint density at radius 1 is 0.358 bits per heavy atom. The first kappa shape index (κ1) is 91.4. The molecule has 11 aromatic rings. The highest BCUT2D eigenvalue weighted by atomic mass is 32.2. The maximum Gasteiger partial charge on any atom is 0.349 e. The van der Waals surface area contributed by atoms with Gasteiger partial charge >= 0.3 is 35.8 Å². The van der Waals surface area contributed by atoms with E-state index in [1.54, 1.807) is 38.1 Å². The molecule has 6 unspecified atom stereocenters. The fourth-order valence-electron chi connectivity index (χ4n) is 13.9. The molecule has 15 rings (SSSR count). The number of carbonyl (C=O) groups excluding carboxylic acids is 6. The molecule has 6 atom stereocenters. The van der Waals surface area contributed by atoms with Crippen molar-refractivity contribution in [1.29, 1.82) is 0 Å². The number of rotatable bonds is 28. The minimum Gasteiger partial charge on any atom is -0.489 e. The maximum absolute atomic E-state index is 12.9. The first-order valence-corrected chi connectivity index (χ1v) is 47.4. The zero-order valence-corrected chi connectivity index (χ0v) is 75.4. The summed E-state index contributed by atoms with van der Waals surface area (Å²) in [6, 6.07) is 102. The monoisotopic (exact) mass is 1730 g/mol. The average Bonchev–Trinajstić information content (AvgIpc) is 1.55. The summed E-state index contributed by atoms with van der Waals surface area (Å²) in [5.74, 6) is 3.74. The third-order valence-corrected chi connectivity index (χ3v) is 31.9. The first-order chi connectivity index (χ1) is 59.3. The van der Waals surface area contributed by atoms with Crippen LogP contribution in [0, 0.1) is 39.4 Å². The summed E-state index contributed by atoms with van der Waals surface area (Å²) in [6.45, 7) is 24.1. The van der Waals surface area contributed by atoms with Gasteiger partial charge in [0.15, 0.2) is 55.6 Å². The summed E-state index contributed by atoms with van der Waals surface area (Å²) >= 11 is 0. The van der Waals surface area contributed by atoms with E-state index in [0.717, 1.165) is 54.6 Å². The van der Waals surface area contributed by atoms with Gasteiger partial charge in [-0.1, -0.05) is 137 Å². The molecule has 4 fully saturated rings. The Balaban J connectivity index is 0.000000153. The van der Waals surface area contributed by atoms with Crippen LogP contribution in [0.3, 0.4) is 0 Å². The highest BCUT2D eigenvalue weighted by Gasteiger charge is 2.69. The van der Waals surface area contributed by atoms with Crippen LogP contribution in [0.2, 0.25) is 0 Å². The molecule has 2 bridgehead atoms. The van der Waals surface area contributed by atoms with Crippen LogP contribution in [0.5, 0.6) is 34.5 Å². The summed E-state index contributed by atoms with van der Waals surface area (Å²) in [4.78, 5) is 86.4. The Morgan fingerprint density at radius 2 is 0.667 bits per heavy atom. The molecule has 11 aromatic carbocycles. The molecule has 0 spiro atoms. The molecule has 123 heavy (non-hydrogen) atoms. The van der Waals surface area contributed by atoms with Crippen LogP contribution in [0.15, 0.2) is 352 Å². The summed E-state index contributed by atoms with van der Waals surface area (Å²) in [5, 5.41) is 0. The summed E-state index contributed by atoms with van der Waals surface area (Å²) in [7, 11) is -0.415. The second kappa shape index (κ2) is 42.5. The Labute approximate surface area is 736 Å². The zero-order valence-electron chi connectivity index (χ0n) is 72.2. The number of fused-ring (bicyclic) bond motifs is 1. The van der Waals surface area contributed by atoms with E-state index >= 15 is 0 Å². The van der Waals surface area contributed by atoms with E-state index in [1.807, 2.05) is 191 Å². The minimum absolute atomic E-state index is 0.0429. The van der Waals surface area contributed by atoms with E-state index < -0.39 is 46.3 Å². The largest absolute Gasteiger partial charge is 0.489 e. The molecule has 2 aliphatic heterocycles. The summed E-state index contributed by atoms with van der Waals surface area (Å²) < 4.78 is 51.0. The van der Waals surface area contributed by atoms with Gasteiger partial charge in [-0.3, -0.25) is 24.0 Å². The van der Waals surface area contributed by atoms with E-state index in [0.29, 0.717) is 41.6 Å². The van der Waals surface area contributed by atoms with Gasteiger partial charge in [0.25, 0.3) is 0 Å². The van der Waals surface area contributed by atoms with E-state index in [4.69, 9.17) is 42.6 Å². The van der Waals surface area contributed by atoms with Crippen molar-refractivity contribution in [2.75, 3.05) is 31.3 Å². The van der Waals surface area contributed by atoms with Crippen LogP contribution in [0.1, 0.15) is 115 Å². The predicted molar refractivity (Wildman–Crippen MR) is 487 cm³/mol. The van der Waals surface area contributed by atoms with E-state index in [9.17, 15) is 28.8 Å². The second-order valence-electron chi connectivity index (χ2n) is 33.0. The molecule has 2 heterocycles. The summed E-state index contributed by atoms with van der Waals surface area (Å²) in [6.07, 6.45) is 2.42. The lowest BCUT2D eigenvalue weighted by molar-refractivity contribution is -0.172. The van der Waals surface area contributed by atoms with Crippen LogP contribution < -0.4 is 23.7 Å². The quantitative estimate of drug-likeness (QED) is 0.0195. The fraction of sp³-hybridized carbons (Fsp3) is 0.308. The molecule has 0 aromatic heterocycles. The molecule has 2 saturated carbocycles. The van der Waals surface area contributed by atoms with E-state index in [-0.39, 0.29) is 97.4 Å². The molecule has 2 saturated heterocycles. The van der Waals surface area contributed by atoms with Crippen LogP contribution in [0.4, 0.5) is 0 Å². The SMILES string of the molecule is CCC(C)(C)C(=O)OC1C2CC3C1OC(=O)C3C2Oc1ccc([S+](c2ccccc2)c2ccccc2)cc1.CCC(C)(C)C(=O)OCC(=O)Oc1ccc([S+](c2ccccc2)c2ccccc2)cc1.CCC(C)(C)C(=O)Oc1ccc(Oc2ccc([S+](c3ccccc3)c3ccccc3)cc2)cc1.CCC(C)(C)C(=O)Oc1ccc([S+]2CCOCC2)cc1. The van der Waals surface area contributed by atoms with E-state index in [2.05, 4.69) is 158 Å². The van der Waals surface area contributed by atoms with Gasteiger partial charge in [0.1, 0.15) is 70.2 Å². The Bertz CT molecular complexity index is 5110. The lowest BCUT2D eigenvalue weighted by atomic mass is 9.84. The third kappa shape index (κ3) is 23.8. The number of hydrogen-bond donors (Lipinski definition) is 0. The van der Waals surface area contributed by atoms with Crippen molar-refractivity contribution in [3.63, 3.8) is 0 Å². The van der Waals surface area contributed by atoms with Gasteiger partial charge in [0, 0.05) is 22.7 Å². The average molecular weight is 1730 g/mol. The molecule has 4 aliphatic rings. The number of ether oxygens (including phenoxy) is 9. The van der Waals surface area contributed by atoms with Crippen LogP contribution in [0.25, 0.3) is 0 Å². The molecule has 19 heteroatoms. The lowest BCUT2D eigenvalue weighted by Gasteiger charge is -2.33. The highest BCUT2D eigenvalue weighted by Crippen LogP contribution is 2.57. The van der Waals surface area contributed by atoms with Gasteiger partial charge in [-0.25, -0.2) is 4.79 Å². The Kier molecular flexibility index (Phi) is 31.6. The third-order valence-electron chi connectivity index (χ3n) is 22.9. The standard InChI is InChI=1S/C32H33O5S.C30H29O3S.C26H27O4S.C16H23O3S/c1-4-32(2,3)31(34)37-29-25-19-24-26(30(33)36-28(24)29)27(25)35-20-15-17-23(18-16-20)38(21-11-7-5-8-12-21)22-13-9-6-10-14-22;1-4-30(2,3)29(31)33-25-17-15-23(16-18-25)32-24-19-21-28(22-20-24)34(26-11-7-5-8-12-26)27-13-9-6-10-14-27;1-4-26(2,3)25(28)29-19-24(27)30-20-15-17-23(18-16-20)31(21-11-7-5-8-12-21)22-13-9-6-10-14-22;1-4-16(2,3)15(17)19-13-5-7-14(8-6-13)20-11-9-18-10-12-20/h5-18,24-29H,4,19H2,1-3H3;5-22H,4H2,1-3H3;5-18H,4,19H2,1-3H3;5-8H,4,9-12H2,1-3H3/q4*+1. The van der Waals surface area contributed by atoms with Crippen molar-refractivity contribution in [2.24, 2.45) is 39.4 Å². The van der Waals surface area contributed by atoms with Gasteiger partial charge in [0.05, 0.1) is 67.6 Å². The molecule has 0 radical (unpaired) electrons. The molecular formula is C104H112O15S4+4. The normalized spacial score (nSPS) is 17.2. The van der Waals surface area contributed by atoms with Gasteiger partial charge in [-0.05, 0) is 282 Å². The van der Waals surface area contributed by atoms with Crippen molar-refractivity contribution in [3.8, 4) is 34.5 Å². The lowest BCUT2D eigenvalue weighted by Crippen LogP contribution is -2.46. The van der Waals surface area contributed by atoms with Crippen LogP contribution in [-0.2, 0) is 91.3 Å². The van der Waals surface area contributed by atoms with Gasteiger partial charge < -0.3 is 42.6 Å². The molecule has 0 amide bonds. The van der Waals surface area contributed by atoms with Gasteiger partial charge in [-0.15, -0.1) is 0 Å². The number of hydrogen-bond acceptors (Lipinski definition) is 15. The highest BCUT2D eigenvalue weighted by molar-refractivity contribution is 7.98. The smallest absolute Gasteiger partial charge is 0.349 e. The minimum atomic E-state index is -0.618. The number of benzene rings is 11. The molecule has 638 valence electrons. The van der Waals surface area contributed by atoms with E-state index in [1.165, 1.54) is 44.1 Å². The van der Waals surface area contributed by atoms with Crippen LogP contribution in [-0.4, -0.2) is 85.5 Å². The zero-order chi connectivity index (χ0) is 87.3. The second-order valence-corrected chi connectivity index (χ2v) is 41.3. The van der Waals surface area contributed by atoms with Crippen molar-refractivity contribution >= 4 is 79.4 Å². The molecule has 2 aliphatic carbocycles. The molecule has 15 nitrogen and oxygen atoms in total. The van der Waals surface area contributed by atoms with Crippen LogP contribution >= 0.6 is 0 Å². The Morgan fingerprint density at radius 3 is 1.04 bits per heavy atom. The topological polar surface area (TPSA) is 185 Å². The maximum atomic E-state index is 12.9. The number of esters is 6. The van der Waals surface area contributed by atoms with Gasteiger partial charge in [0.2, 0.25) is 0 Å². The number of carbonyl (C=O) groups is 6. The van der Waals surface area contributed by atoms with Gasteiger partial charge in [-0.2, -0.15) is 0 Å². The predicted octanol–water partition coefficient (Wildman–Crippen LogP) is 22.7. The summed E-state index contributed by atoms with van der Waals surface area (Å²) in [5.41, 5.74) is -2.13. The van der Waals surface area contributed by atoms with Crippen molar-refractivity contribution in [3.05, 3.63) is 303 Å². The molecule has 0 N–H and O–H groups in total. The van der Waals surface area contributed by atoms with Crippen molar-refractivity contribution < 1.29 is 71.4 Å². The van der Waals surface area contributed by atoms with Crippen molar-refractivity contribution in [1.82, 2.24) is 0 Å². The Hall–Kier alpha value is -10.8. The van der Waals surface area contributed by atoms with Crippen molar-refractivity contribution in [2.45, 2.75) is 182 Å². The first-order valence-electron chi connectivity index (χ1n) is 42.1. The molecular weight excluding hydrogens is 1620 g/mol.